The Morgan fingerprint density at radius 2 is 0.710 bits per heavy atom. The van der Waals surface area contributed by atoms with Crippen molar-refractivity contribution >= 4 is 0 Å². The summed E-state index contributed by atoms with van der Waals surface area (Å²) in [5.41, 5.74) is 16.2. The smallest absolute Gasteiger partial charge is 0.0355 e. The third-order valence-corrected chi connectivity index (χ3v) is 20.2. The van der Waals surface area contributed by atoms with Crippen LogP contribution in [0.15, 0.2) is 340 Å². The van der Waals surface area contributed by atoms with Crippen molar-refractivity contribution in [3.05, 3.63) is 477 Å². The fourth-order valence-electron chi connectivity index (χ4n) is 13.2. The topological polar surface area (TPSA) is 77.3 Å². The number of hydrogen-bond acceptors (Lipinski definition) is 6. The number of aryl methyl sites for hydroxylation is 9. The van der Waals surface area contributed by atoms with Crippen molar-refractivity contribution in [3.63, 3.8) is 0 Å². The fraction of sp³-hybridized carbons (Fsp3) is 0.213. The molecule has 17 rings (SSSR count). The molecule has 0 N–H and O–H groups in total. The second kappa shape index (κ2) is 51.2. The maximum Gasteiger partial charge on any atom is 0.0355 e. The molecule has 0 saturated heterocycles. The first-order valence-electron chi connectivity index (χ1n) is 58.7. The molecule has 0 aliphatic heterocycles. The molecule has 6 heterocycles. The number of hydrogen-bond donors (Lipinski definition) is 0. The Hall–Kier alpha value is -11.7. The van der Waals surface area contributed by atoms with E-state index < -0.39 is 98.5 Å². The zero-order valence-electron chi connectivity index (χ0n) is 108. The van der Waals surface area contributed by atoms with Gasteiger partial charge in [0.1, 0.15) is 0 Å². The van der Waals surface area contributed by atoms with Crippen LogP contribution in [0.5, 0.6) is 0 Å². The molecule has 0 bridgehead atoms. The maximum absolute atomic E-state index is 8.98. The summed E-state index contributed by atoms with van der Waals surface area (Å²) in [5.74, 6) is -1.63. The van der Waals surface area contributed by atoms with Crippen molar-refractivity contribution in [2.75, 3.05) is 0 Å². The van der Waals surface area contributed by atoms with Gasteiger partial charge in [-0.1, -0.05) is 311 Å². The van der Waals surface area contributed by atoms with Crippen molar-refractivity contribution in [1.82, 2.24) is 29.9 Å². The zero-order chi connectivity index (χ0) is 119. The molecule has 3 radical (unpaired) electrons. The van der Waals surface area contributed by atoms with Gasteiger partial charge >= 0.3 is 0 Å². The van der Waals surface area contributed by atoms with Gasteiger partial charge in [0.15, 0.2) is 0 Å². The van der Waals surface area contributed by atoms with Gasteiger partial charge in [-0.15, -0.1) is 206 Å². The second-order valence-corrected chi connectivity index (χ2v) is 31.7. The van der Waals surface area contributed by atoms with E-state index in [2.05, 4.69) is 154 Å². The summed E-state index contributed by atoms with van der Waals surface area (Å²) in [7, 11) is 0. The molecule has 0 aliphatic carbocycles. The molecule has 1 atom stereocenters. The molecule has 6 nitrogen and oxygen atoms in total. The number of rotatable bonds is 19. The van der Waals surface area contributed by atoms with Gasteiger partial charge in [0, 0.05) is 150 Å². The van der Waals surface area contributed by atoms with Crippen LogP contribution < -0.4 is 0 Å². The van der Waals surface area contributed by atoms with Crippen molar-refractivity contribution in [2.45, 2.75) is 155 Å². The Balaban J connectivity index is 0.000000220. The van der Waals surface area contributed by atoms with Gasteiger partial charge in [-0.25, -0.2) is 0 Å². The van der Waals surface area contributed by atoms with Crippen LogP contribution in [0.25, 0.3) is 89.8 Å². The van der Waals surface area contributed by atoms with Gasteiger partial charge in [0.05, 0.1) is 0 Å². The Labute approximate surface area is 870 Å². The molecular formula is C122H120Ir3N6-6. The normalized spacial score (nSPS) is 16.1. The first kappa shape index (κ1) is 64.1. The van der Waals surface area contributed by atoms with Crippen LogP contribution >= 0.6 is 0 Å². The quantitative estimate of drug-likeness (QED) is 0.0751. The van der Waals surface area contributed by atoms with E-state index in [9.17, 15) is 0 Å². The minimum Gasteiger partial charge on any atom is -0.305 e. The van der Waals surface area contributed by atoms with Gasteiger partial charge in [-0.2, -0.15) is 0 Å². The van der Waals surface area contributed by atoms with Crippen LogP contribution in [0.3, 0.4) is 0 Å². The van der Waals surface area contributed by atoms with Gasteiger partial charge in [-0.3, -0.25) is 0 Å². The molecule has 0 fully saturated rings. The van der Waals surface area contributed by atoms with E-state index in [0.717, 1.165) is 40.1 Å². The summed E-state index contributed by atoms with van der Waals surface area (Å²) in [6.07, 6.45) is 3.70. The van der Waals surface area contributed by atoms with Crippen molar-refractivity contribution in [3.8, 4) is 89.8 Å². The van der Waals surface area contributed by atoms with Crippen LogP contribution in [-0.2, 0) is 92.3 Å². The van der Waals surface area contributed by atoms with Crippen molar-refractivity contribution in [1.29, 1.82) is 0 Å². The Morgan fingerprint density at radius 3 is 1.18 bits per heavy atom. The molecule has 6 aromatic heterocycles. The Bertz CT molecular complexity index is 7750. The average Bonchev–Trinajstić information content (AvgIpc) is 0.756. The van der Waals surface area contributed by atoms with Crippen LogP contribution in [0, 0.1) is 115 Å². The van der Waals surface area contributed by atoms with Crippen molar-refractivity contribution in [2.24, 2.45) is 17.3 Å². The predicted molar refractivity (Wildman–Crippen MR) is 537 cm³/mol. The summed E-state index contributed by atoms with van der Waals surface area (Å²) in [6, 6.07) is 107. The number of aromatic nitrogens is 6. The molecule has 17 aromatic rings. The van der Waals surface area contributed by atoms with E-state index in [1.54, 1.807) is 107 Å². The Morgan fingerprint density at radius 1 is 0.305 bits per heavy atom. The van der Waals surface area contributed by atoms with E-state index in [1.165, 1.54) is 126 Å². The molecular weight excluding hydrogens is 2130 g/mol. The molecule has 0 amide bonds. The third kappa shape index (κ3) is 31.2. The SMILES string of the molecule is [2H]C(C)(c1ccnc(-c2[c-]cc(-c3ccccc3)c(Cc3ccccc3)c2)c1)C(C)(C)C.[2H]C([2H])([2H])c1c[c-]c(-c2cc(C([2H])([2H])C(C)C)c(C([2H])([2H])[2H])cn2)cc1.[2H]C([2H])([2H])c1c[c-]c(-c2cc(C([2H])([2H])C(C)C)c(C([2H])([2H])[2H])cn2)cc1Cc1ccccc1.[2H]C([2H])([2H])c1c[c-]c(-c2ccc(C([2H])([2H])[2H])cn2)cc1.[2H]C([2H])([2H])c1cc(-c2[c-]cc(C([2H])([2H])[2H])c(C([2H])([2H])c3ccccc3)c2)ncc1-c1ccccc1.[2H]C([2H])([2H])c1ccc(-c2[c-]cccc2)nc1.[Ir].[Ir].[Ir]. The average molecular weight is 2280 g/mol. The summed E-state index contributed by atoms with van der Waals surface area (Å²) in [4.78, 5) is 25.7. The largest absolute Gasteiger partial charge is 0.305 e. The van der Waals surface area contributed by atoms with Crippen LogP contribution in [0.2, 0.25) is 0 Å². The molecule has 0 aliphatic rings. The summed E-state index contributed by atoms with van der Waals surface area (Å²) in [6.45, 7) is -5.94. The van der Waals surface area contributed by atoms with Gasteiger partial charge in [0.2, 0.25) is 0 Å². The van der Waals surface area contributed by atoms with Crippen molar-refractivity contribution < 1.29 is 107 Å². The van der Waals surface area contributed by atoms with Gasteiger partial charge < -0.3 is 29.9 Å². The molecule has 0 saturated carbocycles. The molecule has 671 valence electrons. The van der Waals surface area contributed by atoms with Gasteiger partial charge in [-0.05, 0) is 180 Å². The second-order valence-electron chi connectivity index (χ2n) is 31.7. The van der Waals surface area contributed by atoms with E-state index in [-0.39, 0.29) is 138 Å². The first-order valence-corrected chi connectivity index (χ1v) is 41.7. The van der Waals surface area contributed by atoms with E-state index in [1.807, 2.05) is 98.0 Å². The van der Waals surface area contributed by atoms with Gasteiger partial charge in [0.25, 0.3) is 0 Å². The van der Waals surface area contributed by atoms with E-state index >= 15 is 0 Å². The minimum atomic E-state index is -2.57. The van der Waals surface area contributed by atoms with E-state index in [4.69, 9.17) is 46.6 Å². The molecule has 9 heteroatoms. The molecule has 1 unspecified atom stereocenters. The van der Waals surface area contributed by atoms with E-state index in [0.29, 0.717) is 68.0 Å². The monoisotopic (exact) mass is 2280 g/mol. The summed E-state index contributed by atoms with van der Waals surface area (Å²) >= 11 is 0. The van der Waals surface area contributed by atoms with Crippen LogP contribution in [-0.4, -0.2) is 29.9 Å². The Kier molecular flexibility index (Phi) is 25.1. The minimum absolute atomic E-state index is 0. The number of benzene rings is 11. The maximum atomic E-state index is 8.98. The standard InChI is InChI=1S/C30H30N.C26H22N.C24H26N.C17H20N.C13H12N.C12H10N.3Ir/c1-22(30(2,3)4)25-17-18-31-29(21-25)26-15-16-28(24-13-9-6-10-14-24)27(20-26)19-23-11-7-5-8-12-23;1-19-13-14-23(17-24(19)16-21-9-5-3-6-10-21)26-15-20(2)25(18-27-26)22-11-7-4-8-12-22;1-17(2)12-22-15-24(25-16-19(22)4)21-11-10-18(3)23(14-21)13-20-8-6-5-7-9-20;1-12(2)9-16-10-17(18-11-14(16)4)15-7-5-13(3)6-8-15;1-10-3-6-12(7-4-10)13-8-5-11(2)9-14-13;1-10-7-8-12(13-9-10)11-5-3-2-4-6-11;;;/h5-14,16-18,20-22H,19H2,1-4H3;3-13,15,17-18H,16H2,1-2H3;5-10,14-17H,12-13H2,1-4H3;5-7,10-12H,9H2,1-4H3;3-6,8-9H,1-2H3;2-5,7-9H,1H3;;;/q6*-1;;;/i22D;1D3,2D3,16D2;3D3,4D3,12D2;3D3,4D3,9D2;1D3,2D3;1D3;;;. The van der Waals surface area contributed by atoms with Crippen LogP contribution in [0.1, 0.15) is 208 Å². The third-order valence-electron chi connectivity index (χ3n) is 20.2. The van der Waals surface area contributed by atoms with Crippen LogP contribution in [0.4, 0.5) is 0 Å². The first-order chi connectivity index (χ1) is 75.3. The molecule has 131 heavy (non-hydrogen) atoms. The summed E-state index contributed by atoms with van der Waals surface area (Å²) in [5, 5.41) is 0. The zero-order valence-corrected chi connectivity index (χ0v) is 80.8. The number of nitrogens with zero attached hydrogens (tertiary/aromatic N) is 6. The fourth-order valence-corrected chi connectivity index (χ4v) is 13.2. The predicted octanol–water partition coefficient (Wildman–Crippen LogP) is 30.7. The summed E-state index contributed by atoms with van der Waals surface area (Å²) < 4.78 is 266. The number of pyridine rings is 6. The molecule has 11 aromatic carbocycles. The molecule has 0 spiro atoms.